The van der Waals surface area contributed by atoms with E-state index >= 15 is 0 Å². The summed E-state index contributed by atoms with van der Waals surface area (Å²) in [6, 6.07) is 8.83. The first-order valence-corrected chi connectivity index (χ1v) is 9.81. The van der Waals surface area contributed by atoms with E-state index in [-0.39, 0.29) is 5.91 Å². The molecular weight excluding hydrogens is 340 g/mol. The zero-order valence-corrected chi connectivity index (χ0v) is 16.4. The van der Waals surface area contributed by atoms with Crippen LogP contribution in [0.1, 0.15) is 54.0 Å². The van der Waals surface area contributed by atoms with Crippen LogP contribution in [0, 0.1) is 0 Å². The Bertz CT molecular complexity index is 839. The van der Waals surface area contributed by atoms with Crippen molar-refractivity contribution >= 4 is 5.91 Å². The molecule has 1 fully saturated rings. The van der Waals surface area contributed by atoms with Crippen LogP contribution in [-0.2, 0) is 19.5 Å². The molecule has 1 amide bonds. The summed E-state index contributed by atoms with van der Waals surface area (Å²) in [6.07, 6.45) is 3.08. The zero-order valence-electron chi connectivity index (χ0n) is 16.4. The molecule has 0 bridgehead atoms. The van der Waals surface area contributed by atoms with Crippen molar-refractivity contribution in [3.05, 3.63) is 46.8 Å². The molecule has 0 radical (unpaired) electrons. The molecule has 2 aromatic rings. The van der Waals surface area contributed by atoms with E-state index in [1.165, 1.54) is 5.69 Å². The van der Waals surface area contributed by atoms with Gasteiger partial charge in [0, 0.05) is 42.9 Å². The molecule has 4 rings (SSSR count). The van der Waals surface area contributed by atoms with Crippen molar-refractivity contribution in [2.24, 2.45) is 0 Å². The van der Waals surface area contributed by atoms with Crippen LogP contribution in [0.5, 0.6) is 5.75 Å². The maximum Gasteiger partial charge on any atom is 0.272 e. The van der Waals surface area contributed by atoms with Crippen molar-refractivity contribution in [3.63, 3.8) is 0 Å². The number of hydrogen-bond donors (Lipinski definition) is 1. The minimum atomic E-state index is -0.0243. The van der Waals surface area contributed by atoms with E-state index in [2.05, 4.69) is 30.1 Å². The molecule has 144 valence electrons. The molecule has 27 heavy (non-hydrogen) atoms. The molecule has 0 spiro atoms. The Morgan fingerprint density at radius 2 is 2.19 bits per heavy atom. The number of nitrogens with zero attached hydrogens (tertiary/aromatic N) is 3. The van der Waals surface area contributed by atoms with Crippen molar-refractivity contribution in [1.82, 2.24) is 20.0 Å². The molecule has 0 atom stereocenters. The van der Waals surface area contributed by atoms with E-state index in [1.54, 1.807) is 7.11 Å². The van der Waals surface area contributed by atoms with Gasteiger partial charge in [0.25, 0.3) is 5.91 Å². The van der Waals surface area contributed by atoms with Crippen LogP contribution >= 0.6 is 0 Å². The fraction of sp³-hybridized carbons (Fsp3) is 0.524. The Balaban J connectivity index is 1.66. The molecule has 0 unspecified atom stereocenters. The number of ether oxygens (including phenoxy) is 1. The summed E-state index contributed by atoms with van der Waals surface area (Å²) in [5, 5.41) is 7.86. The highest BCUT2D eigenvalue weighted by Gasteiger charge is 2.31. The van der Waals surface area contributed by atoms with Gasteiger partial charge in [-0.1, -0.05) is 12.1 Å². The molecule has 2 heterocycles. The van der Waals surface area contributed by atoms with Gasteiger partial charge in [0.05, 0.1) is 13.7 Å². The van der Waals surface area contributed by atoms with Crippen LogP contribution in [0.2, 0.25) is 0 Å². The Labute approximate surface area is 160 Å². The second kappa shape index (κ2) is 7.35. The van der Waals surface area contributed by atoms with Crippen LogP contribution in [-0.4, -0.2) is 46.3 Å². The number of carbonyl (C=O) groups is 1. The van der Waals surface area contributed by atoms with Crippen molar-refractivity contribution in [1.29, 1.82) is 0 Å². The van der Waals surface area contributed by atoms with Gasteiger partial charge in [-0.25, -0.2) is 0 Å². The van der Waals surface area contributed by atoms with Gasteiger partial charge in [-0.2, -0.15) is 5.10 Å². The van der Waals surface area contributed by atoms with Gasteiger partial charge in [0.1, 0.15) is 5.75 Å². The third kappa shape index (κ3) is 3.86. The predicted octanol–water partition coefficient (Wildman–Crippen LogP) is 2.60. The molecule has 0 saturated heterocycles. The quantitative estimate of drug-likeness (QED) is 0.851. The number of aromatic nitrogens is 2. The van der Waals surface area contributed by atoms with Crippen LogP contribution in [0.4, 0.5) is 0 Å². The standard InChI is InChI=1S/C21H28N4O2/c1-14(2)24-10-9-19-18(13-24)20(21(26)22-16-7-8-16)23-25(19)12-15-5-4-6-17(11-15)27-3/h4-6,11,14,16H,7-10,12-13H2,1-3H3,(H,22,26). The topological polar surface area (TPSA) is 59.4 Å². The average molecular weight is 368 g/mol. The number of carbonyl (C=O) groups excluding carboxylic acids is 1. The first-order chi connectivity index (χ1) is 13.0. The van der Waals surface area contributed by atoms with Crippen molar-refractivity contribution in [2.75, 3.05) is 13.7 Å². The lowest BCUT2D eigenvalue weighted by atomic mass is 10.0. The first kappa shape index (κ1) is 18.0. The normalized spacial score (nSPS) is 17.0. The van der Waals surface area contributed by atoms with E-state index in [1.807, 2.05) is 22.9 Å². The number of nitrogens with one attached hydrogen (secondary N) is 1. The number of methoxy groups -OCH3 is 1. The maximum absolute atomic E-state index is 12.8. The number of benzene rings is 1. The van der Waals surface area contributed by atoms with Gasteiger partial charge in [0.2, 0.25) is 0 Å². The minimum absolute atomic E-state index is 0.0243. The predicted molar refractivity (Wildman–Crippen MR) is 104 cm³/mol. The van der Waals surface area contributed by atoms with Crippen LogP contribution in [0.3, 0.4) is 0 Å². The van der Waals surface area contributed by atoms with Gasteiger partial charge in [-0.15, -0.1) is 0 Å². The molecule has 1 aliphatic carbocycles. The molecule has 1 aliphatic heterocycles. The summed E-state index contributed by atoms with van der Waals surface area (Å²) in [5.41, 5.74) is 4.01. The fourth-order valence-electron chi connectivity index (χ4n) is 3.69. The fourth-order valence-corrected chi connectivity index (χ4v) is 3.69. The second-order valence-electron chi connectivity index (χ2n) is 7.84. The molecule has 6 nitrogen and oxygen atoms in total. The second-order valence-corrected chi connectivity index (χ2v) is 7.84. The number of fused-ring (bicyclic) bond motifs is 1. The van der Waals surface area contributed by atoms with Crippen molar-refractivity contribution in [3.8, 4) is 5.75 Å². The summed E-state index contributed by atoms with van der Waals surface area (Å²) in [6.45, 7) is 6.85. The summed E-state index contributed by atoms with van der Waals surface area (Å²) >= 11 is 0. The van der Waals surface area contributed by atoms with Crippen molar-refractivity contribution < 1.29 is 9.53 Å². The monoisotopic (exact) mass is 368 g/mol. The SMILES string of the molecule is COc1cccc(Cn2nc(C(=O)NC3CC3)c3c2CCN(C(C)C)C3)c1. The van der Waals surface area contributed by atoms with Gasteiger partial charge in [0.15, 0.2) is 5.69 Å². The van der Waals surface area contributed by atoms with Gasteiger partial charge >= 0.3 is 0 Å². The van der Waals surface area contributed by atoms with Gasteiger partial charge in [-0.05, 0) is 44.4 Å². The Kier molecular flexibility index (Phi) is 4.91. The van der Waals surface area contributed by atoms with E-state index in [4.69, 9.17) is 9.84 Å². The lowest BCUT2D eigenvalue weighted by molar-refractivity contribution is 0.0942. The summed E-state index contributed by atoms with van der Waals surface area (Å²) in [7, 11) is 1.68. The number of amides is 1. The van der Waals surface area contributed by atoms with Gasteiger partial charge < -0.3 is 10.1 Å². The highest BCUT2D eigenvalue weighted by Crippen LogP contribution is 2.26. The maximum atomic E-state index is 12.8. The van der Waals surface area contributed by atoms with Crippen LogP contribution in [0.25, 0.3) is 0 Å². The van der Waals surface area contributed by atoms with Gasteiger partial charge in [-0.3, -0.25) is 14.4 Å². The average Bonchev–Trinajstić information content (AvgIpc) is 3.41. The highest BCUT2D eigenvalue weighted by molar-refractivity contribution is 5.94. The van der Waals surface area contributed by atoms with E-state index in [0.29, 0.717) is 24.3 Å². The Hall–Kier alpha value is -2.34. The Morgan fingerprint density at radius 3 is 2.89 bits per heavy atom. The molecule has 1 aromatic heterocycles. The third-order valence-corrected chi connectivity index (χ3v) is 5.49. The Morgan fingerprint density at radius 1 is 1.37 bits per heavy atom. The first-order valence-electron chi connectivity index (χ1n) is 9.81. The minimum Gasteiger partial charge on any atom is -0.497 e. The molecule has 6 heteroatoms. The molecule has 2 aliphatic rings. The van der Waals surface area contributed by atoms with Crippen LogP contribution < -0.4 is 10.1 Å². The summed E-state index contributed by atoms with van der Waals surface area (Å²) < 4.78 is 7.36. The van der Waals surface area contributed by atoms with Crippen LogP contribution in [0.15, 0.2) is 24.3 Å². The molecule has 1 saturated carbocycles. The number of rotatable bonds is 6. The summed E-state index contributed by atoms with van der Waals surface area (Å²) in [5.74, 6) is 0.815. The molecular formula is C21H28N4O2. The summed E-state index contributed by atoms with van der Waals surface area (Å²) in [4.78, 5) is 15.2. The van der Waals surface area contributed by atoms with E-state index in [9.17, 15) is 4.79 Å². The zero-order chi connectivity index (χ0) is 19.0. The lowest BCUT2D eigenvalue weighted by Crippen LogP contribution is -2.37. The highest BCUT2D eigenvalue weighted by atomic mass is 16.5. The largest absolute Gasteiger partial charge is 0.497 e. The smallest absolute Gasteiger partial charge is 0.272 e. The lowest BCUT2D eigenvalue weighted by Gasteiger charge is -2.30. The molecule has 1 aromatic carbocycles. The number of hydrogen-bond acceptors (Lipinski definition) is 4. The third-order valence-electron chi connectivity index (χ3n) is 5.49. The van der Waals surface area contributed by atoms with Crippen molar-refractivity contribution in [2.45, 2.75) is 58.3 Å². The van der Waals surface area contributed by atoms with E-state index in [0.717, 1.165) is 49.2 Å². The molecule has 1 N–H and O–H groups in total. The van der Waals surface area contributed by atoms with E-state index < -0.39 is 0 Å².